The molecule has 2 fully saturated rings. The number of hydrogen-bond donors (Lipinski definition) is 0. The summed E-state index contributed by atoms with van der Waals surface area (Å²) in [6, 6.07) is 6.74. The minimum Gasteiger partial charge on any atom is -0.456 e. The first-order valence-corrected chi connectivity index (χ1v) is 13.7. The fourth-order valence-electron chi connectivity index (χ4n) is 5.39. The van der Waals surface area contributed by atoms with E-state index in [1.54, 1.807) is 47.0 Å². The summed E-state index contributed by atoms with van der Waals surface area (Å²) in [5.41, 5.74) is -2.60. The second-order valence-corrected chi connectivity index (χ2v) is 12.4. The third-order valence-corrected chi connectivity index (χ3v) is 9.03. The number of hydrogen-bond acceptors (Lipinski definition) is 8. The highest BCUT2D eigenvalue weighted by molar-refractivity contribution is 7.12. The van der Waals surface area contributed by atoms with Gasteiger partial charge >= 0.3 is 17.6 Å². The number of thiophene rings is 2. The van der Waals surface area contributed by atoms with Gasteiger partial charge in [0, 0.05) is 18.0 Å². The van der Waals surface area contributed by atoms with E-state index in [2.05, 4.69) is 0 Å². The molecule has 2 heterocycles. The summed E-state index contributed by atoms with van der Waals surface area (Å²) in [7, 11) is 1.78. The van der Waals surface area contributed by atoms with E-state index in [1.165, 1.54) is 22.7 Å². The van der Waals surface area contributed by atoms with Crippen molar-refractivity contribution >= 4 is 34.7 Å². The van der Waals surface area contributed by atoms with Crippen LogP contribution in [0.3, 0.4) is 0 Å². The van der Waals surface area contributed by atoms with Crippen LogP contribution in [0.1, 0.15) is 62.6 Å². The lowest BCUT2D eigenvalue weighted by molar-refractivity contribution is -0.550. The Morgan fingerprint density at radius 3 is 2.14 bits per heavy atom. The molecule has 0 saturated heterocycles. The largest absolute Gasteiger partial charge is 0.456 e. The van der Waals surface area contributed by atoms with E-state index in [4.69, 9.17) is 9.47 Å². The van der Waals surface area contributed by atoms with Gasteiger partial charge in [-0.25, -0.2) is 9.59 Å². The zero-order valence-electron chi connectivity index (χ0n) is 20.5. The van der Waals surface area contributed by atoms with E-state index >= 15 is 0 Å². The van der Waals surface area contributed by atoms with Crippen LogP contribution in [0.15, 0.2) is 35.0 Å². The molecule has 190 valence electrons. The average Bonchev–Trinajstić information content (AvgIpc) is 3.54. The highest BCUT2D eigenvalue weighted by Gasteiger charge is 2.59. The van der Waals surface area contributed by atoms with Gasteiger partial charge in [0.15, 0.2) is 0 Å². The molecule has 2 saturated carbocycles. The summed E-state index contributed by atoms with van der Waals surface area (Å²) in [5.74, 6) is -0.145. The number of esters is 1. The molecule has 0 radical (unpaired) electrons. The zero-order valence-corrected chi connectivity index (χ0v) is 22.1. The highest BCUT2D eigenvalue weighted by atomic mass is 32.1. The van der Waals surface area contributed by atoms with Gasteiger partial charge in [0.2, 0.25) is 0 Å². The van der Waals surface area contributed by atoms with Gasteiger partial charge in [0.05, 0.1) is 9.75 Å². The lowest BCUT2D eigenvalue weighted by Crippen LogP contribution is -2.45. The molecule has 4 rings (SSSR count). The van der Waals surface area contributed by atoms with Crippen molar-refractivity contribution in [3.63, 3.8) is 0 Å². The average molecular weight is 521 g/mol. The van der Waals surface area contributed by atoms with Gasteiger partial charge < -0.3 is 14.4 Å². The Kier molecular flexibility index (Phi) is 7.24. The van der Waals surface area contributed by atoms with E-state index in [0.717, 1.165) is 19.3 Å². The number of fused-ring (bicyclic) bond motifs is 1. The van der Waals surface area contributed by atoms with Crippen molar-refractivity contribution in [1.82, 2.24) is 4.90 Å². The first-order valence-electron chi connectivity index (χ1n) is 11.9. The van der Waals surface area contributed by atoms with Crippen molar-refractivity contribution in [2.45, 2.75) is 76.2 Å². The van der Waals surface area contributed by atoms with E-state index in [9.17, 15) is 19.7 Å². The Hall–Kier alpha value is -2.46. The standard InChI is InChI=1S/C25H32N2O6S2/c1-24(2,3)33-23(29)26(4)18-10-9-16-14-19(15-17(16)13-18)32-22(28)25(27(30)31,20-7-5-11-34-20)21-8-6-12-35-21/h5-8,11-12,16-19H,9-10,13-15H2,1-4H3. The second kappa shape index (κ2) is 9.89. The molecule has 35 heavy (non-hydrogen) atoms. The number of rotatable bonds is 6. The summed E-state index contributed by atoms with van der Waals surface area (Å²) >= 11 is 2.38. The molecule has 10 heteroatoms. The Labute approximate surface area is 213 Å². The maximum atomic E-state index is 13.5. The molecule has 2 aromatic rings. The van der Waals surface area contributed by atoms with E-state index in [1.807, 2.05) is 20.8 Å². The molecular formula is C25H32N2O6S2. The van der Waals surface area contributed by atoms with E-state index in [0.29, 0.717) is 34.4 Å². The van der Waals surface area contributed by atoms with Crippen LogP contribution >= 0.6 is 22.7 Å². The Balaban J connectivity index is 1.46. The molecule has 1 amide bonds. The molecule has 2 aliphatic rings. The first-order chi connectivity index (χ1) is 16.5. The van der Waals surface area contributed by atoms with Crippen LogP contribution in [0.4, 0.5) is 4.79 Å². The molecule has 0 N–H and O–H groups in total. The number of amides is 1. The summed E-state index contributed by atoms with van der Waals surface area (Å²) in [4.78, 5) is 40.4. The molecule has 8 nitrogen and oxygen atoms in total. The molecule has 2 aromatic heterocycles. The number of carbonyl (C=O) groups is 2. The maximum absolute atomic E-state index is 13.5. The van der Waals surface area contributed by atoms with E-state index in [-0.39, 0.29) is 18.2 Å². The van der Waals surface area contributed by atoms with Gasteiger partial charge in [0.25, 0.3) is 0 Å². The summed E-state index contributed by atoms with van der Waals surface area (Å²) in [6.07, 6.45) is 3.24. The smallest absolute Gasteiger partial charge is 0.410 e. The maximum Gasteiger partial charge on any atom is 0.410 e. The van der Waals surface area contributed by atoms with Crippen LogP contribution in [0.5, 0.6) is 0 Å². The monoisotopic (exact) mass is 520 g/mol. The summed E-state index contributed by atoms with van der Waals surface area (Å²) < 4.78 is 11.4. The van der Waals surface area contributed by atoms with Crippen molar-refractivity contribution in [2.24, 2.45) is 11.8 Å². The summed E-state index contributed by atoms with van der Waals surface area (Å²) in [5, 5.41) is 15.9. The Morgan fingerprint density at radius 2 is 1.63 bits per heavy atom. The fraction of sp³-hybridized carbons (Fsp3) is 0.600. The number of nitro groups is 1. The quantitative estimate of drug-likeness (QED) is 0.276. The molecule has 4 atom stereocenters. The van der Waals surface area contributed by atoms with Crippen LogP contribution in [0.2, 0.25) is 0 Å². The van der Waals surface area contributed by atoms with Gasteiger partial charge in [-0.2, -0.15) is 0 Å². The lowest BCUT2D eigenvalue weighted by Gasteiger charge is -2.37. The zero-order chi connectivity index (χ0) is 25.4. The highest BCUT2D eigenvalue weighted by Crippen LogP contribution is 2.46. The van der Waals surface area contributed by atoms with Crippen molar-refractivity contribution in [2.75, 3.05) is 7.05 Å². The normalized spacial score (nSPS) is 24.5. The van der Waals surface area contributed by atoms with Crippen LogP contribution < -0.4 is 0 Å². The third-order valence-electron chi connectivity index (χ3n) is 7.07. The first kappa shape index (κ1) is 25.6. The van der Waals surface area contributed by atoms with Gasteiger partial charge in [-0.15, -0.1) is 22.7 Å². The van der Waals surface area contributed by atoms with Crippen LogP contribution in [-0.4, -0.2) is 46.7 Å². The Bertz CT molecular complexity index is 1010. The van der Waals surface area contributed by atoms with E-state index < -0.39 is 22.0 Å². The molecule has 0 aliphatic heterocycles. The molecule has 0 aromatic carbocycles. The molecule has 2 aliphatic carbocycles. The lowest BCUT2D eigenvalue weighted by atomic mass is 9.79. The second-order valence-electron chi connectivity index (χ2n) is 10.5. The minimum absolute atomic E-state index is 0.0654. The van der Waals surface area contributed by atoms with Gasteiger partial charge in [-0.3, -0.25) is 10.1 Å². The predicted molar refractivity (Wildman–Crippen MR) is 134 cm³/mol. The van der Waals surface area contributed by atoms with Crippen LogP contribution in [-0.2, 0) is 19.8 Å². The van der Waals surface area contributed by atoms with Crippen molar-refractivity contribution in [3.8, 4) is 0 Å². The van der Waals surface area contributed by atoms with Crippen LogP contribution in [0.25, 0.3) is 0 Å². The molecule has 0 bridgehead atoms. The fourth-order valence-corrected chi connectivity index (χ4v) is 7.25. The predicted octanol–water partition coefficient (Wildman–Crippen LogP) is 5.69. The third kappa shape index (κ3) is 5.09. The molecule has 4 unspecified atom stereocenters. The molecular weight excluding hydrogens is 488 g/mol. The summed E-state index contributed by atoms with van der Waals surface area (Å²) in [6.45, 7) is 5.55. The SMILES string of the molecule is CN(C(=O)OC(C)(C)C)C1CCC2CC(OC(=O)C(c3cccs3)(c3cccs3)[N+](=O)[O-])CC2C1. The van der Waals surface area contributed by atoms with Gasteiger partial charge in [0.1, 0.15) is 11.7 Å². The van der Waals surface area contributed by atoms with Crippen molar-refractivity contribution < 1.29 is 24.0 Å². The number of ether oxygens (including phenoxy) is 2. The number of carbonyl (C=O) groups excluding carboxylic acids is 2. The molecule has 0 spiro atoms. The minimum atomic E-state index is -2.05. The van der Waals surface area contributed by atoms with Gasteiger partial charge in [-0.05, 0) is 87.6 Å². The topological polar surface area (TPSA) is 99.0 Å². The van der Waals surface area contributed by atoms with Crippen molar-refractivity contribution in [1.29, 1.82) is 0 Å². The van der Waals surface area contributed by atoms with Gasteiger partial charge in [-0.1, -0.05) is 12.1 Å². The van der Waals surface area contributed by atoms with Crippen molar-refractivity contribution in [3.05, 3.63) is 54.9 Å². The van der Waals surface area contributed by atoms with Crippen LogP contribution in [0, 0.1) is 22.0 Å². The Morgan fingerprint density at radius 1 is 1.03 bits per heavy atom. The number of nitrogens with zero attached hydrogens (tertiary/aromatic N) is 2.